The van der Waals surface area contributed by atoms with Crippen LogP contribution in [-0.4, -0.2) is 26.3 Å². The van der Waals surface area contributed by atoms with E-state index in [9.17, 15) is 0 Å². The molecular weight excluding hydrogens is 274 g/mol. The summed E-state index contributed by atoms with van der Waals surface area (Å²) in [4.78, 5) is 0. The summed E-state index contributed by atoms with van der Waals surface area (Å²) in [5, 5.41) is 3.66. The van der Waals surface area contributed by atoms with Gasteiger partial charge in [0.25, 0.3) is 0 Å². The predicted molar refractivity (Wildman–Crippen MR) is 89.8 cm³/mol. The summed E-state index contributed by atoms with van der Waals surface area (Å²) >= 11 is 0. The van der Waals surface area contributed by atoms with Crippen LogP contribution in [-0.2, 0) is 6.42 Å². The maximum Gasteiger partial charge on any atom is 0.164 e. The fourth-order valence-corrected chi connectivity index (χ4v) is 3.75. The van der Waals surface area contributed by atoms with Gasteiger partial charge in [0.2, 0.25) is 0 Å². The average Bonchev–Trinajstić information content (AvgIpc) is 2.83. The molecule has 0 saturated heterocycles. The van der Waals surface area contributed by atoms with Gasteiger partial charge in [-0.3, -0.25) is 0 Å². The molecule has 1 heterocycles. The van der Waals surface area contributed by atoms with Crippen molar-refractivity contribution in [2.45, 2.75) is 57.5 Å². The highest BCUT2D eigenvalue weighted by Gasteiger charge is 2.22. The Morgan fingerprint density at radius 2 is 1.91 bits per heavy atom. The molecule has 1 atom stereocenters. The molecule has 1 N–H and O–H groups in total. The zero-order valence-electron chi connectivity index (χ0n) is 13.8. The summed E-state index contributed by atoms with van der Waals surface area (Å²) < 4.78 is 11.6. The molecule has 122 valence electrons. The quantitative estimate of drug-likeness (QED) is 0.836. The van der Waals surface area contributed by atoms with Crippen LogP contribution in [0.2, 0.25) is 0 Å². The van der Waals surface area contributed by atoms with Crippen LogP contribution in [0.25, 0.3) is 0 Å². The summed E-state index contributed by atoms with van der Waals surface area (Å²) in [6.45, 7) is 2.10. The molecule has 0 spiro atoms. The third-order valence-electron chi connectivity index (χ3n) is 5.08. The number of ether oxygens (including phenoxy) is 2. The van der Waals surface area contributed by atoms with Crippen LogP contribution >= 0.6 is 0 Å². The molecule has 1 saturated carbocycles. The van der Waals surface area contributed by atoms with E-state index >= 15 is 0 Å². The molecule has 1 unspecified atom stereocenters. The number of rotatable bonds is 5. The molecule has 3 rings (SSSR count). The molecule has 1 aromatic carbocycles. The van der Waals surface area contributed by atoms with Gasteiger partial charge in [-0.2, -0.15) is 0 Å². The minimum atomic E-state index is 0.273. The van der Waals surface area contributed by atoms with Crippen molar-refractivity contribution in [3.63, 3.8) is 0 Å². The fraction of sp³-hybridized carbons (Fsp3) is 0.684. The average molecular weight is 303 g/mol. The normalized spacial score (nSPS) is 22.5. The van der Waals surface area contributed by atoms with E-state index in [0.717, 1.165) is 43.3 Å². The lowest BCUT2D eigenvalue weighted by atomic mass is 9.99. The van der Waals surface area contributed by atoms with E-state index in [0.29, 0.717) is 0 Å². The summed E-state index contributed by atoms with van der Waals surface area (Å²) in [6, 6.07) is 6.18. The number of nitrogens with one attached hydrogen (secondary N) is 1. The number of methoxy groups -OCH3 is 1. The molecule has 2 aliphatic rings. The molecule has 22 heavy (non-hydrogen) atoms. The fourth-order valence-electron chi connectivity index (χ4n) is 3.75. The van der Waals surface area contributed by atoms with Crippen LogP contribution in [0, 0.1) is 5.92 Å². The van der Waals surface area contributed by atoms with Crippen molar-refractivity contribution in [2.24, 2.45) is 5.92 Å². The van der Waals surface area contributed by atoms with Crippen LogP contribution in [0.1, 0.15) is 50.5 Å². The van der Waals surface area contributed by atoms with E-state index in [2.05, 4.69) is 11.4 Å². The van der Waals surface area contributed by atoms with Crippen LogP contribution < -0.4 is 14.8 Å². The second-order valence-corrected chi connectivity index (χ2v) is 6.74. The van der Waals surface area contributed by atoms with Gasteiger partial charge in [-0.15, -0.1) is 0 Å². The molecule has 1 aliphatic heterocycles. The van der Waals surface area contributed by atoms with Crippen molar-refractivity contribution in [3.05, 3.63) is 23.8 Å². The number of benzene rings is 1. The summed E-state index contributed by atoms with van der Waals surface area (Å²) in [6.07, 6.45) is 10.9. The van der Waals surface area contributed by atoms with Crippen LogP contribution in [0.15, 0.2) is 18.2 Å². The van der Waals surface area contributed by atoms with E-state index in [1.165, 1.54) is 44.1 Å². The van der Waals surface area contributed by atoms with Gasteiger partial charge in [0.05, 0.1) is 7.11 Å². The number of aryl methyl sites for hydroxylation is 1. The first-order chi connectivity index (χ1) is 10.9. The van der Waals surface area contributed by atoms with Gasteiger partial charge in [-0.05, 0) is 49.8 Å². The number of hydrogen-bond acceptors (Lipinski definition) is 3. The maximum atomic E-state index is 6.18. The Morgan fingerprint density at radius 3 is 2.68 bits per heavy atom. The topological polar surface area (TPSA) is 30.5 Å². The zero-order valence-corrected chi connectivity index (χ0v) is 13.8. The minimum Gasteiger partial charge on any atom is -0.493 e. The predicted octanol–water partition coefficient (Wildman–Crippen LogP) is 3.95. The molecule has 0 radical (unpaired) electrons. The Labute approximate surface area is 134 Å². The smallest absolute Gasteiger partial charge is 0.164 e. The lowest BCUT2D eigenvalue weighted by Gasteiger charge is -2.28. The van der Waals surface area contributed by atoms with E-state index in [1.807, 2.05) is 12.1 Å². The van der Waals surface area contributed by atoms with Gasteiger partial charge < -0.3 is 14.8 Å². The SMILES string of the molecule is COc1cccc2c1OC(CNCC1CCCCCC1)CC2. The summed E-state index contributed by atoms with van der Waals surface area (Å²) in [5.41, 5.74) is 1.28. The van der Waals surface area contributed by atoms with E-state index in [4.69, 9.17) is 9.47 Å². The van der Waals surface area contributed by atoms with Crippen molar-refractivity contribution >= 4 is 0 Å². The zero-order chi connectivity index (χ0) is 15.2. The van der Waals surface area contributed by atoms with Crippen molar-refractivity contribution < 1.29 is 9.47 Å². The van der Waals surface area contributed by atoms with Crippen LogP contribution in [0.5, 0.6) is 11.5 Å². The van der Waals surface area contributed by atoms with Gasteiger partial charge in [-0.1, -0.05) is 37.8 Å². The number of fused-ring (bicyclic) bond motifs is 1. The molecular formula is C19H29NO2. The molecule has 0 aromatic heterocycles. The molecule has 1 aromatic rings. The van der Waals surface area contributed by atoms with Crippen molar-refractivity contribution in [3.8, 4) is 11.5 Å². The largest absolute Gasteiger partial charge is 0.493 e. The first-order valence-electron chi connectivity index (χ1n) is 8.90. The van der Waals surface area contributed by atoms with E-state index in [-0.39, 0.29) is 6.10 Å². The highest BCUT2D eigenvalue weighted by molar-refractivity contribution is 5.47. The first-order valence-corrected chi connectivity index (χ1v) is 8.90. The summed E-state index contributed by atoms with van der Waals surface area (Å²) in [5.74, 6) is 2.69. The van der Waals surface area contributed by atoms with Crippen LogP contribution in [0.3, 0.4) is 0 Å². The van der Waals surface area contributed by atoms with Gasteiger partial charge in [0.1, 0.15) is 6.10 Å². The lowest BCUT2D eigenvalue weighted by molar-refractivity contribution is 0.161. The maximum absolute atomic E-state index is 6.18. The minimum absolute atomic E-state index is 0.273. The van der Waals surface area contributed by atoms with Crippen molar-refractivity contribution in [2.75, 3.05) is 20.2 Å². The Morgan fingerprint density at radius 1 is 1.09 bits per heavy atom. The third-order valence-corrected chi connectivity index (χ3v) is 5.08. The Kier molecular flexibility index (Phi) is 5.60. The highest BCUT2D eigenvalue weighted by atomic mass is 16.5. The van der Waals surface area contributed by atoms with Crippen molar-refractivity contribution in [1.82, 2.24) is 5.32 Å². The van der Waals surface area contributed by atoms with Gasteiger partial charge >= 0.3 is 0 Å². The van der Waals surface area contributed by atoms with Gasteiger partial charge in [0.15, 0.2) is 11.5 Å². The molecule has 3 heteroatoms. The molecule has 1 aliphatic carbocycles. The number of para-hydroxylation sites is 1. The highest BCUT2D eigenvalue weighted by Crippen LogP contribution is 2.36. The van der Waals surface area contributed by atoms with E-state index in [1.54, 1.807) is 7.11 Å². The van der Waals surface area contributed by atoms with Gasteiger partial charge in [-0.25, -0.2) is 0 Å². The van der Waals surface area contributed by atoms with Crippen molar-refractivity contribution in [1.29, 1.82) is 0 Å². The molecule has 0 bridgehead atoms. The summed E-state index contributed by atoms with van der Waals surface area (Å²) in [7, 11) is 1.72. The molecule has 1 fully saturated rings. The second-order valence-electron chi connectivity index (χ2n) is 6.74. The van der Waals surface area contributed by atoms with E-state index < -0.39 is 0 Å². The molecule has 3 nitrogen and oxygen atoms in total. The number of hydrogen-bond donors (Lipinski definition) is 1. The monoisotopic (exact) mass is 303 g/mol. The van der Waals surface area contributed by atoms with Gasteiger partial charge in [0, 0.05) is 6.54 Å². The Balaban J connectivity index is 1.48. The van der Waals surface area contributed by atoms with Crippen LogP contribution in [0.4, 0.5) is 0 Å². The Hall–Kier alpha value is -1.22. The lowest BCUT2D eigenvalue weighted by Crippen LogP contribution is -2.36. The first kappa shape index (κ1) is 15.7. The standard InChI is InChI=1S/C19H29NO2/c1-21-18-10-6-9-16-11-12-17(22-19(16)18)14-20-13-15-7-4-2-3-5-8-15/h6,9-10,15,17,20H,2-5,7-8,11-14H2,1H3. The Bertz CT molecular complexity index is 452. The molecule has 0 amide bonds. The second kappa shape index (κ2) is 7.87. The third kappa shape index (κ3) is 3.95.